The number of halogens is 2. The normalized spacial score (nSPS) is 20.7. The number of carbonyl (C=O) groups excluding carboxylic acids is 1. The number of rotatable bonds is 7. The molecule has 1 aliphatic rings. The van der Waals surface area contributed by atoms with Crippen LogP contribution in [-0.4, -0.2) is 5.97 Å². The molecule has 1 aliphatic carbocycles. The van der Waals surface area contributed by atoms with Crippen molar-refractivity contribution in [3.63, 3.8) is 0 Å². The van der Waals surface area contributed by atoms with Crippen molar-refractivity contribution >= 4 is 17.7 Å². The van der Waals surface area contributed by atoms with E-state index < -0.39 is 35.4 Å². The zero-order chi connectivity index (χ0) is 20.3. The number of carbonyl (C=O) groups is 1. The smallest absolute Gasteiger partial charge is 0.311 e. The highest BCUT2D eigenvalue weighted by molar-refractivity contribution is 7.99. The quantitative estimate of drug-likeness (QED) is 0.384. The molecule has 5 heteroatoms. The van der Waals surface area contributed by atoms with E-state index in [1.54, 1.807) is 31.7 Å². The monoisotopic (exact) mass is 400 g/mol. The van der Waals surface area contributed by atoms with Crippen molar-refractivity contribution in [3.05, 3.63) is 85.0 Å². The van der Waals surface area contributed by atoms with Gasteiger partial charge >= 0.3 is 5.97 Å². The van der Waals surface area contributed by atoms with Gasteiger partial charge in [0, 0.05) is 15.7 Å². The van der Waals surface area contributed by atoms with Crippen molar-refractivity contribution in [2.24, 2.45) is 17.3 Å². The highest BCUT2D eigenvalue weighted by Gasteiger charge is 2.62. The highest BCUT2D eigenvalue weighted by Crippen LogP contribution is 2.60. The molecule has 0 aromatic heterocycles. The third kappa shape index (κ3) is 4.53. The summed E-state index contributed by atoms with van der Waals surface area (Å²) >= 11 is 1.61. The van der Waals surface area contributed by atoms with E-state index in [0.29, 0.717) is 0 Å². The Hall–Kier alpha value is -2.40. The lowest BCUT2D eigenvalue weighted by atomic mass is 10.1. The van der Waals surface area contributed by atoms with E-state index in [9.17, 15) is 13.6 Å². The summed E-state index contributed by atoms with van der Waals surface area (Å²) in [7, 11) is 0. The van der Waals surface area contributed by atoms with Crippen LogP contribution in [0.2, 0.25) is 0 Å². The van der Waals surface area contributed by atoms with E-state index in [1.807, 2.05) is 54.6 Å². The van der Waals surface area contributed by atoms with Crippen LogP contribution >= 0.6 is 11.8 Å². The summed E-state index contributed by atoms with van der Waals surface area (Å²) < 4.78 is 30.8. The number of esters is 1. The molecule has 0 aliphatic heterocycles. The molecule has 2 nitrogen and oxygen atoms in total. The van der Waals surface area contributed by atoms with E-state index >= 15 is 0 Å². The van der Waals surface area contributed by atoms with Crippen molar-refractivity contribution in [2.75, 3.05) is 0 Å². The Morgan fingerprint density at radius 3 is 2.46 bits per heavy atom. The van der Waals surface area contributed by atoms with Gasteiger partial charge in [-0.05, 0) is 47.4 Å². The van der Waals surface area contributed by atoms with Crippen LogP contribution < -0.4 is 0 Å². The molecule has 2 aromatic rings. The van der Waals surface area contributed by atoms with Gasteiger partial charge in [0.1, 0.15) is 6.10 Å². The lowest BCUT2D eigenvalue weighted by molar-refractivity contribution is -0.149. The van der Waals surface area contributed by atoms with Crippen LogP contribution in [0, 0.1) is 17.3 Å². The molecule has 0 bridgehead atoms. The first-order chi connectivity index (χ1) is 13.3. The number of allylic oxidation sites excluding steroid dienone is 1. The Balaban J connectivity index is 1.72. The summed E-state index contributed by atoms with van der Waals surface area (Å²) in [6.07, 6.45) is 0.0194. The van der Waals surface area contributed by atoms with Gasteiger partial charge in [-0.1, -0.05) is 62.5 Å². The van der Waals surface area contributed by atoms with Gasteiger partial charge in [0.2, 0.25) is 0 Å². The van der Waals surface area contributed by atoms with Gasteiger partial charge in [-0.25, -0.2) is 0 Å². The second-order valence-electron chi connectivity index (χ2n) is 7.36. The van der Waals surface area contributed by atoms with Crippen LogP contribution in [0.1, 0.15) is 25.5 Å². The fourth-order valence-electron chi connectivity index (χ4n) is 3.40. The SMILES string of the molecule is C=CC(OC(=O)C1C(C=C(F)F)C1(C)C)c1cccc(Sc2ccccc2)c1. The number of ether oxygens (including phenoxy) is 1. The molecule has 1 fully saturated rings. The Kier molecular flexibility index (Phi) is 6.04. The third-order valence-electron chi connectivity index (χ3n) is 5.09. The molecule has 3 rings (SSSR count). The van der Waals surface area contributed by atoms with E-state index in [2.05, 4.69) is 6.58 Å². The molecule has 28 heavy (non-hydrogen) atoms. The minimum absolute atomic E-state index is 0.474. The predicted molar refractivity (Wildman–Crippen MR) is 107 cm³/mol. The Bertz CT molecular complexity index is 888. The standard InChI is InChI=1S/C23H22F2O2S/c1-4-19(27-22(26)21-18(14-20(24)25)23(21,2)3)15-9-8-12-17(13-15)28-16-10-6-5-7-11-16/h4-14,18-19,21H,1H2,2-3H3. The second kappa shape index (κ2) is 8.31. The third-order valence-corrected chi connectivity index (χ3v) is 6.09. The van der Waals surface area contributed by atoms with Gasteiger partial charge in [-0.15, -0.1) is 0 Å². The van der Waals surface area contributed by atoms with Crippen molar-refractivity contribution < 1.29 is 18.3 Å². The molecule has 2 aromatic carbocycles. The molecule has 1 saturated carbocycles. The first-order valence-electron chi connectivity index (χ1n) is 9.01. The predicted octanol–water partition coefficient (Wildman–Crippen LogP) is 6.66. The summed E-state index contributed by atoms with van der Waals surface area (Å²) in [5, 5.41) is 0. The van der Waals surface area contributed by atoms with Crippen molar-refractivity contribution in [3.8, 4) is 0 Å². The molecule has 0 spiro atoms. The van der Waals surface area contributed by atoms with E-state index in [4.69, 9.17) is 4.74 Å². The Morgan fingerprint density at radius 1 is 1.14 bits per heavy atom. The topological polar surface area (TPSA) is 26.3 Å². The minimum atomic E-state index is -1.76. The molecule has 0 heterocycles. The number of hydrogen-bond donors (Lipinski definition) is 0. The van der Waals surface area contributed by atoms with Crippen molar-refractivity contribution in [1.29, 1.82) is 0 Å². The van der Waals surface area contributed by atoms with Gasteiger partial charge in [-0.3, -0.25) is 4.79 Å². The summed E-state index contributed by atoms with van der Waals surface area (Å²) in [5.74, 6) is -1.55. The first-order valence-corrected chi connectivity index (χ1v) is 9.83. The lowest BCUT2D eigenvalue weighted by Crippen LogP contribution is -2.14. The van der Waals surface area contributed by atoms with Crippen molar-refractivity contribution in [2.45, 2.75) is 29.7 Å². The van der Waals surface area contributed by atoms with E-state index in [1.165, 1.54) is 0 Å². The zero-order valence-corrected chi connectivity index (χ0v) is 16.6. The van der Waals surface area contributed by atoms with E-state index in [0.717, 1.165) is 21.4 Å². The molecule has 0 amide bonds. The number of hydrogen-bond acceptors (Lipinski definition) is 3. The maximum absolute atomic E-state index is 12.6. The van der Waals surface area contributed by atoms with Crippen molar-refractivity contribution in [1.82, 2.24) is 0 Å². The first kappa shape index (κ1) is 20.3. The molecule has 146 valence electrons. The molecular formula is C23H22F2O2S. The van der Waals surface area contributed by atoms with Crippen LogP contribution in [0.5, 0.6) is 0 Å². The van der Waals surface area contributed by atoms with Crippen LogP contribution in [0.25, 0.3) is 0 Å². The summed E-state index contributed by atoms with van der Waals surface area (Å²) in [6, 6.07) is 17.7. The Labute approximate surface area is 168 Å². The number of benzene rings is 2. The summed E-state index contributed by atoms with van der Waals surface area (Å²) in [4.78, 5) is 14.7. The molecule has 0 saturated heterocycles. The highest BCUT2D eigenvalue weighted by atomic mass is 32.2. The maximum Gasteiger partial charge on any atom is 0.311 e. The van der Waals surface area contributed by atoms with Crippen LogP contribution in [-0.2, 0) is 9.53 Å². The molecule has 3 unspecified atom stereocenters. The maximum atomic E-state index is 12.6. The molecule has 3 atom stereocenters. The largest absolute Gasteiger partial charge is 0.453 e. The molecule has 0 radical (unpaired) electrons. The zero-order valence-electron chi connectivity index (χ0n) is 15.8. The van der Waals surface area contributed by atoms with Gasteiger partial charge in [0.05, 0.1) is 5.92 Å². The fraction of sp³-hybridized carbons (Fsp3) is 0.261. The fourth-order valence-corrected chi connectivity index (χ4v) is 4.31. The second-order valence-corrected chi connectivity index (χ2v) is 8.51. The van der Waals surface area contributed by atoms with Crippen LogP contribution in [0.15, 0.2) is 89.2 Å². The van der Waals surface area contributed by atoms with Gasteiger partial charge in [-0.2, -0.15) is 8.78 Å². The molecular weight excluding hydrogens is 378 g/mol. The van der Waals surface area contributed by atoms with Gasteiger partial charge < -0.3 is 4.74 Å². The van der Waals surface area contributed by atoms with Gasteiger partial charge in [0.25, 0.3) is 6.08 Å². The van der Waals surface area contributed by atoms with Crippen LogP contribution in [0.3, 0.4) is 0 Å². The lowest BCUT2D eigenvalue weighted by Gasteiger charge is -2.16. The van der Waals surface area contributed by atoms with E-state index in [-0.39, 0.29) is 0 Å². The average molecular weight is 400 g/mol. The Morgan fingerprint density at radius 2 is 1.82 bits per heavy atom. The summed E-state index contributed by atoms with van der Waals surface area (Å²) in [5.41, 5.74) is 0.267. The summed E-state index contributed by atoms with van der Waals surface area (Å²) in [6.45, 7) is 7.36. The van der Waals surface area contributed by atoms with Gasteiger partial charge in [0.15, 0.2) is 0 Å². The molecule has 0 N–H and O–H groups in total. The average Bonchev–Trinajstić information content (AvgIpc) is 3.20. The minimum Gasteiger partial charge on any atom is -0.453 e. The van der Waals surface area contributed by atoms with Crippen LogP contribution in [0.4, 0.5) is 8.78 Å².